The maximum Gasteiger partial charge on any atom is 0.123 e. The van der Waals surface area contributed by atoms with E-state index >= 15 is 0 Å². The summed E-state index contributed by atoms with van der Waals surface area (Å²) >= 11 is 0. The van der Waals surface area contributed by atoms with Gasteiger partial charge in [-0.25, -0.2) is 0 Å². The number of rotatable bonds is 2. The molecule has 0 saturated heterocycles. The monoisotopic (exact) mass is 190 g/mol. The molecule has 0 amide bonds. The average Bonchev–Trinajstić information content (AvgIpc) is 2.59. The Labute approximate surface area is 83.8 Å². The van der Waals surface area contributed by atoms with Crippen LogP contribution in [0.2, 0.25) is 0 Å². The number of ether oxygens (including phenoxy) is 1. The molecule has 1 aromatic carbocycles. The zero-order chi connectivity index (χ0) is 10.1. The van der Waals surface area contributed by atoms with Crippen molar-refractivity contribution in [3.8, 4) is 5.75 Å². The third-order valence-electron chi connectivity index (χ3n) is 2.53. The van der Waals surface area contributed by atoms with E-state index in [0.29, 0.717) is 0 Å². The zero-order valence-electron chi connectivity index (χ0n) is 8.29. The molecule has 0 aliphatic carbocycles. The van der Waals surface area contributed by atoms with Crippen LogP contribution >= 0.6 is 0 Å². The molecule has 2 rings (SSSR count). The molecule has 1 aromatic rings. The van der Waals surface area contributed by atoms with Gasteiger partial charge >= 0.3 is 0 Å². The lowest BCUT2D eigenvalue weighted by Crippen LogP contribution is -2.13. The second-order valence-corrected chi connectivity index (χ2v) is 3.76. The van der Waals surface area contributed by atoms with Gasteiger partial charge < -0.3 is 9.84 Å². The van der Waals surface area contributed by atoms with E-state index in [4.69, 9.17) is 9.84 Å². The minimum atomic E-state index is 0.0883. The van der Waals surface area contributed by atoms with Crippen LogP contribution in [0.25, 0.3) is 0 Å². The molecule has 1 aliphatic rings. The van der Waals surface area contributed by atoms with E-state index in [9.17, 15) is 0 Å². The third kappa shape index (κ3) is 1.53. The van der Waals surface area contributed by atoms with Crippen LogP contribution in [0.15, 0.2) is 30.4 Å². The Bertz CT molecular complexity index is 369. The molecule has 1 N–H and O–H groups in total. The van der Waals surface area contributed by atoms with Crippen molar-refractivity contribution in [3.63, 3.8) is 0 Å². The van der Waals surface area contributed by atoms with Crippen molar-refractivity contribution in [1.82, 2.24) is 0 Å². The molecule has 14 heavy (non-hydrogen) atoms. The molecule has 2 nitrogen and oxygen atoms in total. The Morgan fingerprint density at radius 2 is 2.43 bits per heavy atom. The van der Waals surface area contributed by atoms with Crippen molar-refractivity contribution in [2.75, 3.05) is 0 Å². The maximum atomic E-state index is 8.99. The molecular weight excluding hydrogens is 176 g/mol. The summed E-state index contributed by atoms with van der Waals surface area (Å²) in [6, 6.07) is 5.81. The molecule has 0 saturated carbocycles. The topological polar surface area (TPSA) is 29.5 Å². The number of hydrogen-bond donors (Lipinski definition) is 1. The lowest BCUT2D eigenvalue weighted by Gasteiger charge is -2.08. The van der Waals surface area contributed by atoms with Gasteiger partial charge in [-0.1, -0.05) is 12.6 Å². The lowest BCUT2D eigenvalue weighted by atomic mass is 10.0. The molecule has 0 radical (unpaired) electrons. The van der Waals surface area contributed by atoms with Crippen LogP contribution < -0.4 is 4.74 Å². The van der Waals surface area contributed by atoms with Crippen LogP contribution in [0.5, 0.6) is 5.75 Å². The zero-order valence-corrected chi connectivity index (χ0v) is 8.29. The summed E-state index contributed by atoms with van der Waals surface area (Å²) in [5, 5.41) is 8.99. The van der Waals surface area contributed by atoms with E-state index in [1.807, 2.05) is 25.1 Å². The third-order valence-corrected chi connectivity index (χ3v) is 2.53. The second kappa shape index (κ2) is 3.46. The van der Waals surface area contributed by atoms with Crippen LogP contribution in [-0.4, -0.2) is 11.2 Å². The van der Waals surface area contributed by atoms with E-state index in [1.165, 1.54) is 5.56 Å². The number of aliphatic hydroxyl groups excluding tert-OH is 1. The first-order valence-corrected chi connectivity index (χ1v) is 4.75. The summed E-state index contributed by atoms with van der Waals surface area (Å²) in [6.45, 7) is 5.95. The summed E-state index contributed by atoms with van der Waals surface area (Å²) in [6.07, 6.45) is 0.984. The molecule has 1 atom stereocenters. The predicted octanol–water partition coefficient (Wildman–Crippen LogP) is 2.06. The Kier molecular flexibility index (Phi) is 2.30. The minimum Gasteiger partial charge on any atom is -0.485 e. The second-order valence-electron chi connectivity index (χ2n) is 3.76. The van der Waals surface area contributed by atoms with Gasteiger partial charge in [-0.2, -0.15) is 0 Å². The SMILES string of the molecule is C=C(C)C1Cc2cc(CO)ccc2O1. The fraction of sp³-hybridized carbons (Fsp3) is 0.333. The van der Waals surface area contributed by atoms with E-state index in [-0.39, 0.29) is 12.7 Å². The summed E-state index contributed by atoms with van der Waals surface area (Å²) < 4.78 is 5.69. The number of aliphatic hydroxyl groups is 1. The van der Waals surface area contributed by atoms with Crippen molar-refractivity contribution >= 4 is 0 Å². The van der Waals surface area contributed by atoms with Crippen molar-refractivity contribution in [2.45, 2.75) is 26.1 Å². The fourth-order valence-corrected chi connectivity index (χ4v) is 1.68. The molecule has 74 valence electrons. The van der Waals surface area contributed by atoms with Crippen LogP contribution in [0.3, 0.4) is 0 Å². The van der Waals surface area contributed by atoms with Crippen LogP contribution in [0.4, 0.5) is 0 Å². The first kappa shape index (κ1) is 9.28. The van der Waals surface area contributed by atoms with E-state index in [1.54, 1.807) is 0 Å². The Hall–Kier alpha value is -1.28. The normalized spacial score (nSPS) is 18.9. The highest BCUT2D eigenvalue weighted by Crippen LogP contribution is 2.31. The molecular formula is C12H14O2. The van der Waals surface area contributed by atoms with Crippen molar-refractivity contribution in [2.24, 2.45) is 0 Å². The molecule has 1 aliphatic heterocycles. The summed E-state index contributed by atoms with van der Waals surface area (Å²) in [5.74, 6) is 0.926. The molecule has 1 heterocycles. The van der Waals surface area contributed by atoms with Crippen LogP contribution in [0.1, 0.15) is 18.1 Å². The Morgan fingerprint density at radius 1 is 1.64 bits per heavy atom. The lowest BCUT2D eigenvalue weighted by molar-refractivity contribution is 0.270. The molecule has 0 spiro atoms. The Morgan fingerprint density at radius 3 is 3.07 bits per heavy atom. The standard InChI is InChI=1S/C12H14O2/c1-8(2)12-6-10-5-9(7-13)3-4-11(10)14-12/h3-5,12-13H,1,6-7H2,2H3. The quantitative estimate of drug-likeness (QED) is 0.723. The van der Waals surface area contributed by atoms with Gasteiger partial charge in [0.25, 0.3) is 0 Å². The van der Waals surface area contributed by atoms with Crippen LogP contribution in [-0.2, 0) is 13.0 Å². The van der Waals surface area contributed by atoms with Gasteiger partial charge in [0, 0.05) is 6.42 Å². The molecule has 2 heteroatoms. The highest BCUT2D eigenvalue weighted by atomic mass is 16.5. The largest absolute Gasteiger partial charge is 0.485 e. The van der Waals surface area contributed by atoms with Crippen molar-refractivity contribution in [1.29, 1.82) is 0 Å². The average molecular weight is 190 g/mol. The summed E-state index contributed by atoms with van der Waals surface area (Å²) in [5.41, 5.74) is 3.16. The molecule has 0 aromatic heterocycles. The fourth-order valence-electron chi connectivity index (χ4n) is 1.68. The Balaban J connectivity index is 2.27. The van der Waals surface area contributed by atoms with Gasteiger partial charge in [0.05, 0.1) is 6.61 Å². The predicted molar refractivity (Wildman–Crippen MR) is 55.3 cm³/mol. The van der Waals surface area contributed by atoms with Gasteiger partial charge in [0.15, 0.2) is 0 Å². The first-order chi connectivity index (χ1) is 6.70. The number of benzene rings is 1. The van der Waals surface area contributed by atoms with Gasteiger partial charge in [-0.3, -0.25) is 0 Å². The highest BCUT2D eigenvalue weighted by Gasteiger charge is 2.23. The first-order valence-electron chi connectivity index (χ1n) is 4.75. The van der Waals surface area contributed by atoms with Gasteiger partial charge in [-0.15, -0.1) is 0 Å². The molecule has 1 unspecified atom stereocenters. The highest BCUT2D eigenvalue weighted by molar-refractivity contribution is 5.42. The van der Waals surface area contributed by atoms with E-state index in [2.05, 4.69) is 6.58 Å². The van der Waals surface area contributed by atoms with Gasteiger partial charge in [0.1, 0.15) is 11.9 Å². The van der Waals surface area contributed by atoms with Crippen molar-refractivity contribution in [3.05, 3.63) is 41.5 Å². The summed E-state index contributed by atoms with van der Waals surface area (Å²) in [7, 11) is 0. The number of hydrogen-bond acceptors (Lipinski definition) is 2. The molecule has 0 bridgehead atoms. The van der Waals surface area contributed by atoms with Gasteiger partial charge in [-0.05, 0) is 35.8 Å². The summed E-state index contributed by atoms with van der Waals surface area (Å²) in [4.78, 5) is 0. The van der Waals surface area contributed by atoms with E-state index in [0.717, 1.165) is 23.3 Å². The smallest absolute Gasteiger partial charge is 0.123 e. The number of fused-ring (bicyclic) bond motifs is 1. The van der Waals surface area contributed by atoms with E-state index < -0.39 is 0 Å². The van der Waals surface area contributed by atoms with Crippen molar-refractivity contribution < 1.29 is 9.84 Å². The molecule has 0 fully saturated rings. The maximum absolute atomic E-state index is 8.99. The van der Waals surface area contributed by atoms with Crippen LogP contribution in [0, 0.1) is 0 Å². The van der Waals surface area contributed by atoms with Gasteiger partial charge in [0.2, 0.25) is 0 Å². The minimum absolute atomic E-state index is 0.0883.